The van der Waals surface area contributed by atoms with Crippen LogP contribution in [0.15, 0.2) is 0 Å². The molecule has 1 heterocycles. The average molecular weight is 145 g/mol. The van der Waals surface area contributed by atoms with Crippen LogP contribution in [0.1, 0.15) is 13.3 Å². The van der Waals surface area contributed by atoms with Crippen LogP contribution in [0.3, 0.4) is 0 Å². The van der Waals surface area contributed by atoms with Gasteiger partial charge in [0, 0.05) is 11.5 Å². The molecule has 1 fully saturated rings. The Hall–Kier alpha value is -0.120. The molecule has 10 heavy (non-hydrogen) atoms. The standard InChI is InChI=1S/C7H15NO2/c1-2-7(8,5-9)6-3-10-4-6/h6,9H,2-5,8H2,1H3. The molecule has 0 radical (unpaired) electrons. The van der Waals surface area contributed by atoms with Crippen molar-refractivity contribution >= 4 is 0 Å². The maximum absolute atomic E-state index is 8.94. The quantitative estimate of drug-likeness (QED) is 0.575. The molecular weight excluding hydrogens is 130 g/mol. The van der Waals surface area contributed by atoms with E-state index >= 15 is 0 Å². The van der Waals surface area contributed by atoms with E-state index in [0.717, 1.165) is 6.42 Å². The van der Waals surface area contributed by atoms with Crippen LogP contribution in [0.5, 0.6) is 0 Å². The fourth-order valence-corrected chi connectivity index (χ4v) is 1.10. The lowest BCUT2D eigenvalue weighted by Gasteiger charge is -2.40. The van der Waals surface area contributed by atoms with E-state index in [-0.39, 0.29) is 6.61 Å². The molecule has 1 atom stereocenters. The van der Waals surface area contributed by atoms with Crippen LogP contribution in [-0.4, -0.2) is 30.5 Å². The molecule has 0 amide bonds. The SMILES string of the molecule is CCC(N)(CO)C1COC1. The van der Waals surface area contributed by atoms with Gasteiger partial charge in [0.2, 0.25) is 0 Å². The smallest absolute Gasteiger partial charge is 0.0615 e. The normalized spacial score (nSPS) is 25.5. The summed E-state index contributed by atoms with van der Waals surface area (Å²) >= 11 is 0. The van der Waals surface area contributed by atoms with Crippen molar-refractivity contribution in [3.05, 3.63) is 0 Å². The van der Waals surface area contributed by atoms with Gasteiger partial charge in [-0.2, -0.15) is 0 Å². The van der Waals surface area contributed by atoms with E-state index in [1.807, 2.05) is 6.92 Å². The zero-order valence-electron chi connectivity index (χ0n) is 6.34. The number of rotatable bonds is 3. The molecule has 1 saturated heterocycles. The Bertz CT molecular complexity index is 108. The van der Waals surface area contributed by atoms with Crippen molar-refractivity contribution < 1.29 is 9.84 Å². The molecule has 60 valence electrons. The van der Waals surface area contributed by atoms with E-state index in [1.54, 1.807) is 0 Å². The third kappa shape index (κ3) is 1.17. The van der Waals surface area contributed by atoms with Crippen molar-refractivity contribution in [1.82, 2.24) is 0 Å². The fourth-order valence-electron chi connectivity index (χ4n) is 1.10. The topological polar surface area (TPSA) is 55.5 Å². The molecule has 1 rings (SSSR count). The van der Waals surface area contributed by atoms with E-state index in [9.17, 15) is 0 Å². The second-order valence-electron chi connectivity index (χ2n) is 2.98. The number of ether oxygens (including phenoxy) is 1. The van der Waals surface area contributed by atoms with Gasteiger partial charge in [-0.1, -0.05) is 6.92 Å². The van der Waals surface area contributed by atoms with E-state index < -0.39 is 5.54 Å². The summed E-state index contributed by atoms with van der Waals surface area (Å²) in [6.45, 7) is 3.49. The lowest BCUT2D eigenvalue weighted by molar-refractivity contribution is -0.0821. The highest BCUT2D eigenvalue weighted by atomic mass is 16.5. The number of aliphatic hydroxyl groups excluding tert-OH is 1. The maximum Gasteiger partial charge on any atom is 0.0615 e. The molecule has 3 nitrogen and oxygen atoms in total. The summed E-state index contributed by atoms with van der Waals surface area (Å²) in [5.41, 5.74) is 5.48. The van der Waals surface area contributed by atoms with Gasteiger partial charge in [0.15, 0.2) is 0 Å². The minimum absolute atomic E-state index is 0.0670. The molecule has 1 aliphatic heterocycles. The first-order valence-electron chi connectivity index (χ1n) is 3.70. The molecule has 0 aromatic carbocycles. The molecule has 0 spiro atoms. The minimum Gasteiger partial charge on any atom is -0.394 e. The minimum atomic E-state index is -0.391. The highest BCUT2D eigenvalue weighted by Crippen LogP contribution is 2.24. The first-order valence-corrected chi connectivity index (χ1v) is 3.70. The molecule has 0 aromatic rings. The largest absolute Gasteiger partial charge is 0.394 e. The van der Waals surface area contributed by atoms with Gasteiger partial charge in [0.05, 0.1) is 19.8 Å². The number of hydrogen-bond acceptors (Lipinski definition) is 3. The Balaban J connectivity index is 2.44. The van der Waals surface area contributed by atoms with Crippen LogP contribution in [0.4, 0.5) is 0 Å². The zero-order chi connectivity index (χ0) is 7.61. The van der Waals surface area contributed by atoms with Gasteiger partial charge in [-0.05, 0) is 6.42 Å². The summed E-state index contributed by atoms with van der Waals surface area (Å²) in [5.74, 6) is 0.363. The van der Waals surface area contributed by atoms with E-state index in [0.29, 0.717) is 19.1 Å². The summed E-state index contributed by atoms with van der Waals surface area (Å²) in [6.07, 6.45) is 0.817. The van der Waals surface area contributed by atoms with Crippen molar-refractivity contribution in [2.24, 2.45) is 11.7 Å². The Morgan fingerprint density at radius 1 is 1.70 bits per heavy atom. The molecule has 1 aliphatic rings. The van der Waals surface area contributed by atoms with E-state index in [1.165, 1.54) is 0 Å². The van der Waals surface area contributed by atoms with Crippen LogP contribution in [-0.2, 0) is 4.74 Å². The average Bonchev–Trinajstić information content (AvgIpc) is 1.84. The monoisotopic (exact) mass is 145 g/mol. The molecule has 3 heteroatoms. The predicted molar refractivity (Wildman–Crippen MR) is 38.6 cm³/mol. The van der Waals surface area contributed by atoms with Crippen molar-refractivity contribution in [3.63, 3.8) is 0 Å². The first-order chi connectivity index (χ1) is 4.73. The second kappa shape index (κ2) is 2.86. The third-order valence-corrected chi connectivity index (χ3v) is 2.40. The molecular formula is C7H15NO2. The maximum atomic E-state index is 8.94. The van der Waals surface area contributed by atoms with Gasteiger partial charge in [-0.15, -0.1) is 0 Å². The summed E-state index contributed by atoms with van der Waals surface area (Å²) in [4.78, 5) is 0. The van der Waals surface area contributed by atoms with Crippen molar-refractivity contribution in [2.45, 2.75) is 18.9 Å². The Kier molecular flexibility index (Phi) is 2.28. The fraction of sp³-hybridized carbons (Fsp3) is 1.00. The third-order valence-electron chi connectivity index (χ3n) is 2.40. The number of nitrogens with two attached hydrogens (primary N) is 1. The molecule has 0 saturated carbocycles. The van der Waals surface area contributed by atoms with Crippen molar-refractivity contribution in [2.75, 3.05) is 19.8 Å². The molecule has 0 aromatic heterocycles. The first kappa shape index (κ1) is 7.98. The molecule has 1 unspecified atom stereocenters. The predicted octanol–water partition coefficient (Wildman–Crippen LogP) is -0.267. The number of aliphatic hydroxyl groups is 1. The van der Waals surface area contributed by atoms with Crippen LogP contribution in [0, 0.1) is 5.92 Å². The van der Waals surface area contributed by atoms with Gasteiger partial charge in [-0.3, -0.25) is 0 Å². The molecule has 0 aliphatic carbocycles. The lowest BCUT2D eigenvalue weighted by atomic mass is 9.82. The summed E-state index contributed by atoms with van der Waals surface area (Å²) in [6, 6.07) is 0. The Labute approximate surface area is 61.2 Å². The van der Waals surface area contributed by atoms with Crippen LogP contribution < -0.4 is 5.73 Å². The van der Waals surface area contributed by atoms with Gasteiger partial charge < -0.3 is 15.6 Å². The lowest BCUT2D eigenvalue weighted by Crippen LogP contribution is -2.57. The Morgan fingerprint density at radius 2 is 2.30 bits per heavy atom. The van der Waals surface area contributed by atoms with Gasteiger partial charge in [0.25, 0.3) is 0 Å². The van der Waals surface area contributed by atoms with E-state index in [2.05, 4.69) is 0 Å². The van der Waals surface area contributed by atoms with Gasteiger partial charge >= 0.3 is 0 Å². The molecule has 3 N–H and O–H groups in total. The van der Waals surface area contributed by atoms with Gasteiger partial charge in [-0.25, -0.2) is 0 Å². The number of hydrogen-bond donors (Lipinski definition) is 2. The van der Waals surface area contributed by atoms with Crippen LogP contribution >= 0.6 is 0 Å². The summed E-state index contributed by atoms with van der Waals surface area (Å²) < 4.78 is 4.99. The van der Waals surface area contributed by atoms with E-state index in [4.69, 9.17) is 15.6 Å². The van der Waals surface area contributed by atoms with Crippen LogP contribution in [0.2, 0.25) is 0 Å². The van der Waals surface area contributed by atoms with Crippen molar-refractivity contribution in [3.8, 4) is 0 Å². The van der Waals surface area contributed by atoms with Crippen molar-refractivity contribution in [1.29, 1.82) is 0 Å². The summed E-state index contributed by atoms with van der Waals surface area (Å²) in [5, 5.41) is 8.94. The summed E-state index contributed by atoms with van der Waals surface area (Å²) in [7, 11) is 0. The second-order valence-corrected chi connectivity index (χ2v) is 2.98. The van der Waals surface area contributed by atoms with Gasteiger partial charge in [0.1, 0.15) is 0 Å². The Morgan fingerprint density at radius 3 is 2.40 bits per heavy atom. The molecule has 0 bridgehead atoms. The zero-order valence-corrected chi connectivity index (χ0v) is 6.34. The highest BCUT2D eigenvalue weighted by molar-refractivity contribution is 4.92. The highest BCUT2D eigenvalue weighted by Gasteiger charge is 2.37. The van der Waals surface area contributed by atoms with Crippen LogP contribution in [0.25, 0.3) is 0 Å².